The van der Waals surface area contributed by atoms with E-state index in [4.69, 9.17) is 0 Å². The number of rotatable bonds is 10. The molecule has 1 saturated carbocycles. The molecule has 1 aliphatic rings. The Kier molecular flexibility index (Phi) is 8.36. The standard InChI is InChI=1S/C20H34FN3O3S/c1-4-9-28(26,27)24-18-7-5-15(6-8-18)11-20(2,3)23-14-19(25)16-10-17(21)13-22-12-16/h10,12-13,15,18-19,23-25H,4-9,11,14H2,1-3H3/t15-,18-,19-/m0/s1. The predicted molar refractivity (Wildman–Crippen MR) is 109 cm³/mol. The maximum Gasteiger partial charge on any atom is 0.211 e. The predicted octanol–water partition coefficient (Wildman–Crippen LogP) is 2.90. The van der Waals surface area contributed by atoms with Gasteiger partial charge in [-0.25, -0.2) is 17.5 Å². The molecule has 0 bridgehead atoms. The Labute approximate surface area is 168 Å². The second-order valence-electron chi connectivity index (χ2n) is 8.58. The molecule has 0 aromatic carbocycles. The van der Waals surface area contributed by atoms with Crippen LogP contribution in [0.5, 0.6) is 0 Å². The van der Waals surface area contributed by atoms with Crippen molar-refractivity contribution in [2.45, 2.75) is 77.0 Å². The van der Waals surface area contributed by atoms with Crippen LogP contribution >= 0.6 is 0 Å². The Hall–Kier alpha value is -1.09. The summed E-state index contributed by atoms with van der Waals surface area (Å²) in [5, 5.41) is 13.6. The van der Waals surface area contributed by atoms with Crippen molar-refractivity contribution in [2.24, 2.45) is 5.92 Å². The molecule has 1 aliphatic carbocycles. The number of β-amino-alcohol motifs (C(OH)–C–C–N with tert-alkyl or cyclic N) is 1. The van der Waals surface area contributed by atoms with E-state index in [1.54, 1.807) is 0 Å². The zero-order chi connectivity index (χ0) is 20.8. The molecule has 1 aromatic heterocycles. The molecular formula is C20H34FN3O3S. The fourth-order valence-corrected chi connectivity index (χ4v) is 5.36. The second-order valence-corrected chi connectivity index (χ2v) is 10.4. The van der Waals surface area contributed by atoms with E-state index < -0.39 is 21.9 Å². The van der Waals surface area contributed by atoms with Crippen molar-refractivity contribution >= 4 is 10.0 Å². The zero-order valence-electron chi connectivity index (χ0n) is 17.1. The first-order valence-corrected chi connectivity index (χ1v) is 11.8. The molecule has 3 N–H and O–H groups in total. The Morgan fingerprint density at radius 2 is 1.96 bits per heavy atom. The lowest BCUT2D eigenvalue weighted by Gasteiger charge is -2.35. The molecule has 2 rings (SSSR count). The van der Waals surface area contributed by atoms with Crippen molar-refractivity contribution in [1.29, 1.82) is 0 Å². The summed E-state index contributed by atoms with van der Waals surface area (Å²) in [6.45, 7) is 6.39. The van der Waals surface area contributed by atoms with Gasteiger partial charge in [-0.15, -0.1) is 0 Å². The van der Waals surface area contributed by atoms with Crippen LogP contribution in [0.3, 0.4) is 0 Å². The van der Waals surface area contributed by atoms with Crippen molar-refractivity contribution in [2.75, 3.05) is 12.3 Å². The van der Waals surface area contributed by atoms with Gasteiger partial charge in [0.1, 0.15) is 5.82 Å². The van der Waals surface area contributed by atoms with Crippen LogP contribution in [-0.4, -0.2) is 42.4 Å². The number of pyridine rings is 1. The van der Waals surface area contributed by atoms with Crippen molar-refractivity contribution in [1.82, 2.24) is 15.0 Å². The number of nitrogens with one attached hydrogen (secondary N) is 2. The lowest BCUT2D eigenvalue weighted by Crippen LogP contribution is -2.44. The van der Waals surface area contributed by atoms with Crippen molar-refractivity contribution < 1.29 is 17.9 Å². The van der Waals surface area contributed by atoms with Gasteiger partial charge in [0.2, 0.25) is 10.0 Å². The lowest BCUT2D eigenvalue weighted by atomic mass is 9.79. The molecule has 0 unspecified atom stereocenters. The smallest absolute Gasteiger partial charge is 0.211 e. The van der Waals surface area contributed by atoms with Gasteiger partial charge in [0, 0.05) is 29.9 Å². The number of hydrogen-bond acceptors (Lipinski definition) is 5. The number of nitrogens with zero attached hydrogens (tertiary/aromatic N) is 1. The SMILES string of the molecule is CCCS(=O)(=O)N[C@H]1CC[C@H](CC(C)(C)NC[C@H](O)c2cncc(F)c2)CC1. The maximum absolute atomic E-state index is 13.3. The van der Waals surface area contributed by atoms with Crippen LogP contribution in [0.4, 0.5) is 4.39 Å². The molecule has 28 heavy (non-hydrogen) atoms. The van der Waals surface area contributed by atoms with E-state index in [1.807, 2.05) is 6.92 Å². The van der Waals surface area contributed by atoms with E-state index >= 15 is 0 Å². The van der Waals surface area contributed by atoms with Crippen LogP contribution in [0.1, 0.15) is 71.0 Å². The van der Waals surface area contributed by atoms with Gasteiger partial charge in [-0.05, 0) is 64.4 Å². The summed E-state index contributed by atoms with van der Waals surface area (Å²) in [5.74, 6) is 0.247. The van der Waals surface area contributed by atoms with Gasteiger partial charge in [0.05, 0.1) is 18.1 Å². The average Bonchev–Trinajstić information content (AvgIpc) is 2.61. The molecule has 1 heterocycles. The summed E-state index contributed by atoms with van der Waals surface area (Å²) >= 11 is 0. The summed E-state index contributed by atoms with van der Waals surface area (Å²) in [5.41, 5.74) is 0.282. The third kappa shape index (κ3) is 7.73. The number of aliphatic hydroxyl groups is 1. The third-order valence-corrected chi connectivity index (χ3v) is 6.99. The van der Waals surface area contributed by atoms with Crippen LogP contribution in [0.15, 0.2) is 18.5 Å². The van der Waals surface area contributed by atoms with Gasteiger partial charge < -0.3 is 10.4 Å². The van der Waals surface area contributed by atoms with Crippen molar-refractivity contribution in [3.05, 3.63) is 29.8 Å². The first-order valence-electron chi connectivity index (χ1n) is 10.1. The highest BCUT2D eigenvalue weighted by Gasteiger charge is 2.29. The average molecular weight is 416 g/mol. The van der Waals surface area contributed by atoms with E-state index in [1.165, 1.54) is 12.3 Å². The molecule has 6 nitrogen and oxygen atoms in total. The number of aromatic nitrogens is 1. The lowest BCUT2D eigenvalue weighted by molar-refractivity contribution is 0.149. The molecule has 0 saturated heterocycles. The molecule has 0 amide bonds. The van der Waals surface area contributed by atoms with Gasteiger partial charge in [0.15, 0.2) is 0 Å². The minimum Gasteiger partial charge on any atom is -0.387 e. The van der Waals surface area contributed by atoms with E-state index in [0.29, 0.717) is 24.4 Å². The highest BCUT2D eigenvalue weighted by atomic mass is 32.2. The minimum atomic E-state index is -3.15. The highest BCUT2D eigenvalue weighted by molar-refractivity contribution is 7.89. The molecular weight excluding hydrogens is 381 g/mol. The molecule has 0 aliphatic heterocycles. The Bertz CT molecular complexity index is 719. The zero-order valence-corrected chi connectivity index (χ0v) is 17.9. The van der Waals surface area contributed by atoms with Gasteiger partial charge in [-0.2, -0.15) is 0 Å². The molecule has 8 heteroatoms. The molecule has 0 radical (unpaired) electrons. The third-order valence-electron chi connectivity index (χ3n) is 5.35. The molecule has 160 valence electrons. The number of hydrogen-bond donors (Lipinski definition) is 3. The van der Waals surface area contributed by atoms with Gasteiger partial charge >= 0.3 is 0 Å². The fraction of sp³-hybridized carbons (Fsp3) is 0.750. The van der Waals surface area contributed by atoms with Crippen LogP contribution in [-0.2, 0) is 10.0 Å². The van der Waals surface area contributed by atoms with Crippen molar-refractivity contribution in [3.8, 4) is 0 Å². The van der Waals surface area contributed by atoms with Gasteiger partial charge in [0.25, 0.3) is 0 Å². The van der Waals surface area contributed by atoms with Crippen LogP contribution in [0, 0.1) is 11.7 Å². The van der Waals surface area contributed by atoms with E-state index in [2.05, 4.69) is 28.9 Å². The fourth-order valence-electron chi connectivity index (χ4n) is 3.96. The second kappa shape index (κ2) is 10.1. The molecule has 1 atom stereocenters. The summed E-state index contributed by atoms with van der Waals surface area (Å²) in [6.07, 6.45) is 7.04. The van der Waals surface area contributed by atoms with Crippen LogP contribution < -0.4 is 10.0 Å². The monoisotopic (exact) mass is 415 g/mol. The quantitative estimate of drug-likeness (QED) is 0.547. The summed E-state index contributed by atoms with van der Waals surface area (Å²) < 4.78 is 39.9. The van der Waals surface area contributed by atoms with E-state index in [-0.39, 0.29) is 17.3 Å². The topological polar surface area (TPSA) is 91.3 Å². The van der Waals surface area contributed by atoms with Crippen LogP contribution in [0.25, 0.3) is 0 Å². The minimum absolute atomic E-state index is 0.0474. The number of aliphatic hydroxyl groups excluding tert-OH is 1. The Balaban J connectivity index is 1.77. The first kappa shape index (κ1) is 23.2. The van der Waals surface area contributed by atoms with E-state index in [9.17, 15) is 17.9 Å². The van der Waals surface area contributed by atoms with E-state index in [0.717, 1.165) is 38.3 Å². The molecule has 0 spiro atoms. The summed E-state index contributed by atoms with van der Waals surface area (Å²) in [6, 6.07) is 1.35. The summed E-state index contributed by atoms with van der Waals surface area (Å²) in [7, 11) is -3.15. The Morgan fingerprint density at radius 1 is 1.29 bits per heavy atom. The first-order chi connectivity index (χ1) is 13.1. The number of sulfonamides is 1. The maximum atomic E-state index is 13.3. The van der Waals surface area contributed by atoms with Crippen molar-refractivity contribution in [3.63, 3.8) is 0 Å². The van der Waals surface area contributed by atoms with Crippen LogP contribution in [0.2, 0.25) is 0 Å². The molecule has 1 fully saturated rings. The van der Waals surface area contributed by atoms with Gasteiger partial charge in [-0.1, -0.05) is 6.92 Å². The van der Waals surface area contributed by atoms with Gasteiger partial charge in [-0.3, -0.25) is 4.98 Å². The normalized spacial score (nSPS) is 22.2. The summed E-state index contributed by atoms with van der Waals surface area (Å²) in [4.78, 5) is 3.78. The largest absolute Gasteiger partial charge is 0.387 e. The Morgan fingerprint density at radius 3 is 2.57 bits per heavy atom. The highest BCUT2D eigenvalue weighted by Crippen LogP contribution is 2.31. The molecule has 1 aromatic rings. The number of halogens is 1.